The van der Waals surface area contributed by atoms with Gasteiger partial charge in [0.2, 0.25) is 5.79 Å². The third-order valence-electron chi connectivity index (χ3n) is 4.62. The van der Waals surface area contributed by atoms with E-state index in [0.717, 1.165) is 44.1 Å². The van der Waals surface area contributed by atoms with Gasteiger partial charge in [-0.15, -0.1) is 0 Å². The Hall–Kier alpha value is -0.990. The van der Waals surface area contributed by atoms with Gasteiger partial charge >= 0.3 is 0 Å². The topological polar surface area (TPSA) is 71.1 Å². The van der Waals surface area contributed by atoms with E-state index in [1.807, 2.05) is 12.1 Å². The predicted octanol–water partition coefficient (Wildman–Crippen LogP) is 2.82. The second-order valence-electron chi connectivity index (χ2n) is 6.64. The van der Waals surface area contributed by atoms with Gasteiger partial charge in [0.15, 0.2) is 9.84 Å². The quantitative estimate of drug-likeness (QED) is 0.776. The highest BCUT2D eigenvalue weighted by Gasteiger charge is 2.40. The summed E-state index contributed by atoms with van der Waals surface area (Å²) < 4.78 is 23.0. The largest absolute Gasteiger partial charge is 0.234 e. The van der Waals surface area contributed by atoms with E-state index in [1.165, 1.54) is 6.26 Å². The van der Waals surface area contributed by atoms with E-state index in [9.17, 15) is 8.42 Å². The molecule has 0 amide bonds. The van der Waals surface area contributed by atoms with Gasteiger partial charge in [-0.05, 0) is 42.9 Å². The van der Waals surface area contributed by atoms with E-state index in [4.69, 9.17) is 19.6 Å². The van der Waals surface area contributed by atoms with Crippen LogP contribution in [0.5, 0.6) is 0 Å². The second kappa shape index (κ2) is 7.49. The third kappa shape index (κ3) is 4.55. The summed E-state index contributed by atoms with van der Waals surface area (Å²) in [7, 11) is -3.14. The van der Waals surface area contributed by atoms with Crippen LogP contribution in [0, 0.1) is 5.92 Å². The van der Waals surface area contributed by atoms with Crippen molar-refractivity contribution in [2.75, 3.05) is 19.5 Å². The average Bonchev–Trinajstić information content (AvgIpc) is 2.53. The monoisotopic (exact) mass is 356 g/mol. The zero-order valence-corrected chi connectivity index (χ0v) is 14.7. The van der Waals surface area contributed by atoms with Gasteiger partial charge in [0.1, 0.15) is 0 Å². The van der Waals surface area contributed by atoms with Crippen molar-refractivity contribution in [1.82, 2.24) is 0 Å². The summed E-state index contributed by atoms with van der Waals surface area (Å²) in [4.78, 5) is 21.7. The van der Waals surface area contributed by atoms with Crippen molar-refractivity contribution in [2.45, 2.75) is 49.2 Å². The van der Waals surface area contributed by atoms with Crippen LogP contribution in [0.15, 0.2) is 29.2 Å². The molecule has 7 heteroatoms. The molecule has 2 fully saturated rings. The molecule has 2 aliphatic rings. The van der Waals surface area contributed by atoms with Gasteiger partial charge in [-0.1, -0.05) is 12.1 Å². The molecule has 1 aromatic carbocycles. The molecule has 0 aromatic heterocycles. The van der Waals surface area contributed by atoms with Crippen molar-refractivity contribution in [3.8, 4) is 0 Å². The van der Waals surface area contributed by atoms with Crippen molar-refractivity contribution in [1.29, 1.82) is 0 Å². The smallest absolute Gasteiger partial charge is 0.234 e. The van der Waals surface area contributed by atoms with E-state index in [0.29, 0.717) is 24.0 Å². The molecular weight excluding hydrogens is 332 g/mol. The fraction of sp³-hybridized carbons (Fsp3) is 0.647. The highest BCUT2D eigenvalue weighted by atomic mass is 32.2. The van der Waals surface area contributed by atoms with Crippen molar-refractivity contribution in [3.05, 3.63) is 29.8 Å². The van der Waals surface area contributed by atoms with Crippen LogP contribution in [-0.2, 0) is 35.8 Å². The highest BCUT2D eigenvalue weighted by Crippen LogP contribution is 2.38. The standard InChI is InChI=1S/C17H24O6S/c1-24(18,19)16-5-3-14(4-6-16)13-15-7-9-17(10-8-15)22-20-11-2-12-21-23-17/h3-6,15H,2,7-13H2,1H3. The molecule has 1 aliphatic carbocycles. The second-order valence-corrected chi connectivity index (χ2v) is 8.65. The first-order chi connectivity index (χ1) is 11.5. The van der Waals surface area contributed by atoms with Gasteiger partial charge in [0.25, 0.3) is 0 Å². The normalized spacial score (nSPS) is 22.9. The molecule has 134 valence electrons. The zero-order chi connectivity index (χ0) is 17.0. The van der Waals surface area contributed by atoms with Crippen molar-refractivity contribution in [3.63, 3.8) is 0 Å². The summed E-state index contributed by atoms with van der Waals surface area (Å²) in [5, 5.41) is 0. The lowest BCUT2D eigenvalue weighted by Crippen LogP contribution is -2.41. The number of sulfone groups is 1. The molecule has 0 radical (unpaired) electrons. The average molecular weight is 356 g/mol. The maximum atomic E-state index is 11.5. The molecule has 0 unspecified atom stereocenters. The van der Waals surface area contributed by atoms with Crippen molar-refractivity contribution in [2.24, 2.45) is 5.92 Å². The molecule has 0 N–H and O–H groups in total. The summed E-state index contributed by atoms with van der Waals surface area (Å²) in [5.74, 6) is -0.269. The lowest BCUT2D eigenvalue weighted by atomic mass is 9.82. The molecule has 1 saturated heterocycles. The summed E-state index contributed by atoms with van der Waals surface area (Å²) in [5.41, 5.74) is 1.15. The molecule has 0 atom stereocenters. The first kappa shape index (κ1) is 17.8. The van der Waals surface area contributed by atoms with E-state index in [-0.39, 0.29) is 0 Å². The van der Waals surface area contributed by atoms with Gasteiger partial charge < -0.3 is 0 Å². The zero-order valence-electron chi connectivity index (χ0n) is 13.9. The van der Waals surface area contributed by atoms with E-state index >= 15 is 0 Å². The minimum atomic E-state index is -3.14. The first-order valence-electron chi connectivity index (χ1n) is 8.37. The number of hydrogen-bond donors (Lipinski definition) is 0. The Labute approximate surface area is 142 Å². The Kier molecular flexibility index (Phi) is 5.56. The predicted molar refractivity (Wildman–Crippen MR) is 86.6 cm³/mol. The SMILES string of the molecule is CS(=O)(=O)c1ccc(CC2CCC3(CC2)OOCCCOO3)cc1. The molecule has 1 aliphatic heterocycles. The number of hydrogen-bond acceptors (Lipinski definition) is 6. The third-order valence-corrected chi connectivity index (χ3v) is 5.75. The Morgan fingerprint density at radius 1 is 1.04 bits per heavy atom. The van der Waals surface area contributed by atoms with Gasteiger partial charge in [-0.3, -0.25) is 0 Å². The van der Waals surface area contributed by atoms with Crippen LogP contribution < -0.4 is 0 Å². The van der Waals surface area contributed by atoms with E-state index < -0.39 is 15.6 Å². The van der Waals surface area contributed by atoms with E-state index in [2.05, 4.69) is 0 Å². The molecule has 6 nitrogen and oxygen atoms in total. The molecule has 1 aromatic rings. The number of rotatable bonds is 3. The fourth-order valence-corrected chi connectivity index (χ4v) is 3.81. The minimum absolute atomic E-state index is 0.361. The molecule has 24 heavy (non-hydrogen) atoms. The van der Waals surface area contributed by atoms with Crippen LogP contribution in [0.25, 0.3) is 0 Å². The molecule has 1 spiro atoms. The van der Waals surface area contributed by atoms with Crippen LogP contribution in [0.4, 0.5) is 0 Å². The van der Waals surface area contributed by atoms with Crippen LogP contribution in [0.1, 0.15) is 37.7 Å². The van der Waals surface area contributed by atoms with Crippen molar-refractivity contribution < 1.29 is 28.0 Å². The Balaban J connectivity index is 1.55. The van der Waals surface area contributed by atoms with Gasteiger partial charge in [0.05, 0.1) is 18.1 Å². The Morgan fingerprint density at radius 3 is 2.17 bits per heavy atom. The minimum Gasteiger partial charge on any atom is -0.234 e. The highest BCUT2D eigenvalue weighted by molar-refractivity contribution is 7.90. The van der Waals surface area contributed by atoms with Crippen LogP contribution in [-0.4, -0.2) is 33.7 Å². The molecule has 3 rings (SSSR count). The summed E-state index contributed by atoms with van der Waals surface area (Å²) in [6.07, 6.45) is 6.23. The molecule has 0 bridgehead atoms. The van der Waals surface area contributed by atoms with Gasteiger partial charge in [0, 0.05) is 25.5 Å². The van der Waals surface area contributed by atoms with Crippen LogP contribution in [0.2, 0.25) is 0 Å². The Morgan fingerprint density at radius 2 is 1.62 bits per heavy atom. The summed E-state index contributed by atoms with van der Waals surface area (Å²) in [6, 6.07) is 7.15. The fourth-order valence-electron chi connectivity index (χ4n) is 3.18. The Bertz CT molecular complexity index is 622. The van der Waals surface area contributed by atoms with Crippen molar-refractivity contribution >= 4 is 9.84 Å². The summed E-state index contributed by atoms with van der Waals surface area (Å²) >= 11 is 0. The first-order valence-corrected chi connectivity index (χ1v) is 10.3. The molecular formula is C17H24O6S. The lowest BCUT2D eigenvalue weighted by molar-refractivity contribution is -0.528. The molecule has 1 saturated carbocycles. The summed E-state index contributed by atoms with van der Waals surface area (Å²) in [6.45, 7) is 1.03. The van der Waals surface area contributed by atoms with Crippen LogP contribution in [0.3, 0.4) is 0 Å². The lowest BCUT2D eigenvalue weighted by Gasteiger charge is -2.37. The molecule has 1 heterocycles. The van der Waals surface area contributed by atoms with Gasteiger partial charge in [-0.25, -0.2) is 18.2 Å². The maximum absolute atomic E-state index is 11.5. The van der Waals surface area contributed by atoms with Gasteiger partial charge in [-0.2, -0.15) is 9.78 Å². The van der Waals surface area contributed by atoms with Crippen LogP contribution >= 0.6 is 0 Å². The van der Waals surface area contributed by atoms with E-state index in [1.54, 1.807) is 12.1 Å². The number of benzene rings is 1. The maximum Gasteiger partial charge on any atom is 0.234 e.